The summed E-state index contributed by atoms with van der Waals surface area (Å²) in [7, 11) is 3.10. The first kappa shape index (κ1) is 17.8. The van der Waals surface area contributed by atoms with E-state index in [1.54, 1.807) is 38.5 Å². The summed E-state index contributed by atoms with van der Waals surface area (Å²) in [6.45, 7) is 1.73. The molecule has 3 atom stereocenters. The van der Waals surface area contributed by atoms with Crippen molar-refractivity contribution in [1.82, 2.24) is 0 Å². The molecule has 0 spiro atoms. The van der Waals surface area contributed by atoms with E-state index >= 15 is 0 Å². The number of rotatable bonds is 3. The molecule has 2 aromatic rings. The zero-order chi connectivity index (χ0) is 20.3. The zero-order valence-electron chi connectivity index (χ0n) is 16.3. The summed E-state index contributed by atoms with van der Waals surface area (Å²) in [6.07, 6.45) is -0.600. The molecule has 0 amide bonds. The van der Waals surface area contributed by atoms with Crippen LogP contribution in [0.5, 0.6) is 28.7 Å². The van der Waals surface area contributed by atoms with E-state index in [0.717, 1.165) is 5.56 Å². The number of hydrogen-bond acceptors (Lipinski definition) is 7. The molecule has 0 saturated carbocycles. The second kappa shape index (κ2) is 6.40. The fourth-order valence-electron chi connectivity index (χ4n) is 4.29. The highest BCUT2D eigenvalue weighted by atomic mass is 16.5. The van der Waals surface area contributed by atoms with Crippen molar-refractivity contribution in [3.05, 3.63) is 41.0 Å². The number of Topliss-reactive ketones (excluding diaryl/α,β-unsaturated/α-hetero) is 2. The average Bonchev–Trinajstić information content (AvgIpc) is 3.17. The van der Waals surface area contributed by atoms with Gasteiger partial charge in [0.15, 0.2) is 29.2 Å². The summed E-state index contributed by atoms with van der Waals surface area (Å²) in [6, 6.07) is 6.97. The minimum absolute atomic E-state index is 0.0397. The highest BCUT2D eigenvalue weighted by molar-refractivity contribution is 6.06. The molecule has 3 aliphatic heterocycles. The Morgan fingerprint density at radius 2 is 1.83 bits per heavy atom. The third kappa shape index (κ3) is 2.57. The Kier molecular flexibility index (Phi) is 3.94. The van der Waals surface area contributed by atoms with Gasteiger partial charge in [-0.05, 0) is 25.1 Å². The fourth-order valence-corrected chi connectivity index (χ4v) is 4.29. The second-order valence-corrected chi connectivity index (χ2v) is 7.39. The minimum atomic E-state index is -0.534. The molecule has 0 saturated heterocycles. The van der Waals surface area contributed by atoms with E-state index in [4.69, 9.17) is 23.7 Å². The van der Waals surface area contributed by atoms with Gasteiger partial charge >= 0.3 is 0 Å². The van der Waals surface area contributed by atoms with Crippen LogP contribution >= 0.6 is 0 Å². The van der Waals surface area contributed by atoms with E-state index in [2.05, 4.69) is 0 Å². The summed E-state index contributed by atoms with van der Waals surface area (Å²) in [5.74, 6) is 2.16. The summed E-state index contributed by atoms with van der Waals surface area (Å²) in [5, 5.41) is 0. The third-order valence-electron chi connectivity index (χ3n) is 5.77. The normalized spacial score (nSPS) is 23.4. The molecule has 0 fully saturated rings. The van der Waals surface area contributed by atoms with E-state index in [-0.39, 0.29) is 18.2 Å². The Bertz CT molecular complexity index is 1040. The van der Waals surface area contributed by atoms with Gasteiger partial charge in [-0.3, -0.25) is 9.59 Å². The Balaban J connectivity index is 1.58. The molecule has 3 heterocycles. The van der Waals surface area contributed by atoms with Gasteiger partial charge in [0.05, 0.1) is 25.7 Å². The summed E-state index contributed by atoms with van der Waals surface area (Å²) in [5.41, 5.74) is 1.99. The Morgan fingerprint density at radius 1 is 1.07 bits per heavy atom. The van der Waals surface area contributed by atoms with Crippen molar-refractivity contribution in [1.29, 1.82) is 0 Å². The molecule has 0 bridgehead atoms. The molecule has 0 unspecified atom stereocenters. The van der Waals surface area contributed by atoms with Gasteiger partial charge in [0.25, 0.3) is 0 Å². The van der Waals surface area contributed by atoms with E-state index in [0.29, 0.717) is 46.3 Å². The Hall–Kier alpha value is -3.22. The number of ketones is 2. The molecule has 7 heteroatoms. The van der Waals surface area contributed by atoms with Gasteiger partial charge in [-0.25, -0.2) is 0 Å². The summed E-state index contributed by atoms with van der Waals surface area (Å²) in [4.78, 5) is 25.2. The largest absolute Gasteiger partial charge is 0.493 e. The van der Waals surface area contributed by atoms with Crippen molar-refractivity contribution >= 4 is 11.6 Å². The van der Waals surface area contributed by atoms with Gasteiger partial charge in [0.1, 0.15) is 30.0 Å². The SMILES string of the molecule is COc1cc2c(cc1OC)[C@@H]1C(=O)c3ccc4c(c3O[C@H]1CO2)C[C@@H](C(C)=O)O4. The highest BCUT2D eigenvalue weighted by Gasteiger charge is 2.45. The summed E-state index contributed by atoms with van der Waals surface area (Å²) < 4.78 is 28.6. The van der Waals surface area contributed by atoms with Crippen LogP contribution < -0.4 is 23.7 Å². The van der Waals surface area contributed by atoms with Gasteiger partial charge in [-0.2, -0.15) is 0 Å². The number of fused-ring (bicyclic) bond motifs is 6. The van der Waals surface area contributed by atoms with Crippen LogP contribution in [0.3, 0.4) is 0 Å². The first-order valence-electron chi connectivity index (χ1n) is 9.44. The lowest BCUT2D eigenvalue weighted by Crippen LogP contribution is -2.43. The Labute approximate surface area is 167 Å². The predicted octanol–water partition coefficient (Wildman–Crippen LogP) is 2.72. The first-order valence-corrected chi connectivity index (χ1v) is 9.44. The van der Waals surface area contributed by atoms with E-state index in [1.807, 2.05) is 0 Å². The standard InChI is InChI=1S/C22H20O7/c1-10(23)15-7-13-14(28-15)5-4-11-21(24)20-12-6-17(25-2)18(26-3)8-16(12)27-9-19(20)29-22(11)13/h4-6,8,15,19-20H,7,9H2,1-3H3/t15-,19-,20-/m0/s1. The molecule has 29 heavy (non-hydrogen) atoms. The lowest BCUT2D eigenvalue weighted by molar-refractivity contribution is -0.122. The first-order chi connectivity index (χ1) is 14.0. The Morgan fingerprint density at radius 3 is 2.55 bits per heavy atom. The lowest BCUT2D eigenvalue weighted by atomic mass is 9.81. The van der Waals surface area contributed by atoms with Crippen LogP contribution in [0.1, 0.15) is 34.3 Å². The quantitative estimate of drug-likeness (QED) is 0.789. The van der Waals surface area contributed by atoms with Gasteiger partial charge < -0.3 is 23.7 Å². The number of carbonyl (C=O) groups is 2. The highest BCUT2D eigenvalue weighted by Crippen LogP contribution is 2.49. The van der Waals surface area contributed by atoms with Crippen molar-refractivity contribution in [2.45, 2.75) is 31.5 Å². The van der Waals surface area contributed by atoms with Crippen LogP contribution in [-0.2, 0) is 11.2 Å². The smallest absolute Gasteiger partial charge is 0.178 e. The maximum atomic E-state index is 13.5. The fraction of sp³-hybridized carbons (Fsp3) is 0.364. The molecule has 2 aromatic carbocycles. The maximum absolute atomic E-state index is 13.5. The van der Waals surface area contributed by atoms with Crippen molar-refractivity contribution in [3.63, 3.8) is 0 Å². The number of hydrogen-bond donors (Lipinski definition) is 0. The van der Waals surface area contributed by atoms with Crippen LogP contribution in [0.4, 0.5) is 0 Å². The molecule has 5 rings (SSSR count). The monoisotopic (exact) mass is 396 g/mol. The number of carbonyl (C=O) groups excluding carboxylic acids is 2. The van der Waals surface area contributed by atoms with Crippen LogP contribution in [0.15, 0.2) is 24.3 Å². The molecule has 0 aromatic heterocycles. The van der Waals surface area contributed by atoms with Gasteiger partial charge in [-0.15, -0.1) is 0 Å². The maximum Gasteiger partial charge on any atom is 0.178 e. The van der Waals surface area contributed by atoms with Gasteiger partial charge in [-0.1, -0.05) is 0 Å². The molecular formula is C22H20O7. The van der Waals surface area contributed by atoms with Crippen LogP contribution in [0.25, 0.3) is 0 Å². The average molecular weight is 396 g/mol. The van der Waals surface area contributed by atoms with Gasteiger partial charge in [0, 0.05) is 23.6 Å². The number of benzene rings is 2. The molecular weight excluding hydrogens is 376 g/mol. The zero-order valence-corrected chi connectivity index (χ0v) is 16.3. The van der Waals surface area contributed by atoms with Crippen LogP contribution in [0.2, 0.25) is 0 Å². The topological polar surface area (TPSA) is 80.3 Å². The van der Waals surface area contributed by atoms with Crippen molar-refractivity contribution < 1.29 is 33.3 Å². The minimum Gasteiger partial charge on any atom is -0.493 e. The molecule has 7 nitrogen and oxygen atoms in total. The third-order valence-corrected chi connectivity index (χ3v) is 5.77. The van der Waals surface area contributed by atoms with Crippen LogP contribution in [-0.4, -0.2) is 44.6 Å². The van der Waals surface area contributed by atoms with E-state index in [9.17, 15) is 9.59 Å². The lowest BCUT2D eigenvalue weighted by Gasteiger charge is -2.37. The molecule has 3 aliphatic rings. The number of ether oxygens (including phenoxy) is 5. The molecule has 150 valence electrons. The van der Waals surface area contributed by atoms with E-state index < -0.39 is 18.1 Å². The van der Waals surface area contributed by atoms with Crippen LogP contribution in [0, 0.1) is 0 Å². The molecule has 0 N–H and O–H groups in total. The van der Waals surface area contributed by atoms with Gasteiger partial charge in [0.2, 0.25) is 0 Å². The second-order valence-electron chi connectivity index (χ2n) is 7.39. The van der Waals surface area contributed by atoms with Crippen molar-refractivity contribution in [2.24, 2.45) is 0 Å². The summed E-state index contributed by atoms with van der Waals surface area (Å²) >= 11 is 0. The predicted molar refractivity (Wildman–Crippen MR) is 102 cm³/mol. The van der Waals surface area contributed by atoms with Crippen molar-refractivity contribution in [2.75, 3.05) is 20.8 Å². The molecule has 0 radical (unpaired) electrons. The van der Waals surface area contributed by atoms with E-state index in [1.165, 1.54) is 6.92 Å². The van der Waals surface area contributed by atoms with Crippen molar-refractivity contribution in [3.8, 4) is 28.7 Å². The number of methoxy groups -OCH3 is 2. The molecule has 0 aliphatic carbocycles.